The second-order valence-electron chi connectivity index (χ2n) is 5.65. The second kappa shape index (κ2) is 7.54. The van der Waals surface area contributed by atoms with Crippen LogP contribution in [0.2, 0.25) is 5.02 Å². The first-order valence-corrected chi connectivity index (χ1v) is 8.52. The Bertz CT molecular complexity index is 920. The van der Waals surface area contributed by atoms with Gasteiger partial charge in [-0.15, -0.1) is 0 Å². The summed E-state index contributed by atoms with van der Waals surface area (Å²) in [5, 5.41) is 5.47. The Morgan fingerprint density at radius 3 is 2.62 bits per heavy atom. The van der Waals surface area contributed by atoms with Gasteiger partial charge in [0.05, 0.1) is 22.9 Å². The zero-order chi connectivity index (χ0) is 18.7. The molecule has 0 radical (unpaired) electrons. The van der Waals surface area contributed by atoms with Crippen molar-refractivity contribution in [1.29, 1.82) is 0 Å². The number of halogens is 1. The molecule has 0 aliphatic carbocycles. The van der Waals surface area contributed by atoms with Crippen LogP contribution >= 0.6 is 11.6 Å². The van der Waals surface area contributed by atoms with Gasteiger partial charge >= 0.3 is 0 Å². The number of imide groups is 1. The van der Waals surface area contributed by atoms with Gasteiger partial charge in [0.25, 0.3) is 11.8 Å². The van der Waals surface area contributed by atoms with Crippen molar-refractivity contribution in [3.05, 3.63) is 70.3 Å². The molecule has 0 aromatic heterocycles. The normalized spacial score (nSPS) is 15.3. The maximum absolute atomic E-state index is 12.7. The van der Waals surface area contributed by atoms with Crippen molar-refractivity contribution < 1.29 is 14.3 Å². The van der Waals surface area contributed by atoms with Crippen molar-refractivity contribution in [2.75, 3.05) is 6.61 Å². The van der Waals surface area contributed by atoms with E-state index in [1.165, 1.54) is 0 Å². The smallest absolute Gasteiger partial charge is 0.283 e. The van der Waals surface area contributed by atoms with Gasteiger partial charge in [-0.05, 0) is 49.8 Å². The summed E-state index contributed by atoms with van der Waals surface area (Å²) in [5.74, 6) is -0.329. The van der Waals surface area contributed by atoms with Crippen LogP contribution in [-0.4, -0.2) is 29.1 Å². The lowest BCUT2D eigenvalue weighted by molar-refractivity contribution is -0.123. The molecule has 0 spiro atoms. The largest absolute Gasteiger partial charge is 0.492 e. The predicted molar refractivity (Wildman–Crippen MR) is 101 cm³/mol. The van der Waals surface area contributed by atoms with E-state index in [2.05, 4.69) is 5.10 Å². The van der Waals surface area contributed by atoms with E-state index in [0.29, 0.717) is 34.2 Å². The topological polar surface area (TPSA) is 59.0 Å². The average Bonchev–Trinajstić information content (AvgIpc) is 2.92. The van der Waals surface area contributed by atoms with Gasteiger partial charge in [0, 0.05) is 5.56 Å². The van der Waals surface area contributed by atoms with Gasteiger partial charge in [-0.1, -0.05) is 35.9 Å². The summed E-state index contributed by atoms with van der Waals surface area (Å²) in [4.78, 5) is 25.2. The summed E-state index contributed by atoms with van der Waals surface area (Å²) in [6.07, 6.45) is 1.67. The number of hydrogen-bond acceptors (Lipinski definition) is 4. The number of hydrazone groups is 1. The molecule has 0 atom stereocenters. The molecule has 1 aliphatic rings. The molecule has 2 amide bonds. The average molecular weight is 369 g/mol. The van der Waals surface area contributed by atoms with Crippen LogP contribution in [0.1, 0.15) is 29.8 Å². The van der Waals surface area contributed by atoms with Crippen LogP contribution in [0.4, 0.5) is 0 Å². The lowest BCUT2D eigenvalue weighted by Gasteiger charge is -2.09. The Morgan fingerprint density at radius 1 is 1.23 bits per heavy atom. The number of nitrogens with zero attached hydrogens (tertiary/aromatic N) is 2. The lowest BCUT2D eigenvalue weighted by atomic mass is 10.1. The third kappa shape index (κ3) is 3.53. The zero-order valence-corrected chi connectivity index (χ0v) is 15.2. The van der Waals surface area contributed by atoms with Crippen molar-refractivity contribution in [1.82, 2.24) is 5.01 Å². The third-order valence-corrected chi connectivity index (χ3v) is 4.14. The van der Waals surface area contributed by atoms with Gasteiger partial charge in [0.2, 0.25) is 0 Å². The van der Waals surface area contributed by atoms with Crippen molar-refractivity contribution in [3.8, 4) is 5.75 Å². The van der Waals surface area contributed by atoms with Gasteiger partial charge in [-0.2, -0.15) is 10.1 Å². The third-order valence-electron chi connectivity index (χ3n) is 3.84. The van der Waals surface area contributed by atoms with Gasteiger partial charge in [-0.25, -0.2) is 0 Å². The van der Waals surface area contributed by atoms with Crippen LogP contribution in [0.3, 0.4) is 0 Å². The SMILES string of the molecule is CCOc1ccc(/C=C2/C(=O)N(C(=O)c3ccccc3)N=C2C)cc1Cl. The maximum Gasteiger partial charge on any atom is 0.283 e. The molecule has 2 aromatic rings. The van der Waals surface area contributed by atoms with Gasteiger partial charge in [0.1, 0.15) is 5.75 Å². The molecule has 0 saturated carbocycles. The van der Waals surface area contributed by atoms with Crippen LogP contribution in [0.5, 0.6) is 5.75 Å². The quantitative estimate of drug-likeness (QED) is 0.600. The van der Waals surface area contributed by atoms with Gasteiger partial charge in [-0.3, -0.25) is 9.59 Å². The maximum atomic E-state index is 12.7. The van der Waals surface area contributed by atoms with Crippen molar-refractivity contribution >= 4 is 35.2 Å². The number of amides is 2. The molecule has 5 nitrogen and oxygen atoms in total. The molecule has 6 heteroatoms. The summed E-state index contributed by atoms with van der Waals surface area (Å²) in [7, 11) is 0. The van der Waals surface area contributed by atoms with E-state index in [-0.39, 0.29) is 0 Å². The molecule has 132 valence electrons. The first-order chi connectivity index (χ1) is 12.5. The highest BCUT2D eigenvalue weighted by Gasteiger charge is 2.32. The number of hydrogen-bond donors (Lipinski definition) is 0. The van der Waals surface area contributed by atoms with Crippen LogP contribution in [0.15, 0.2) is 59.2 Å². The molecule has 1 heterocycles. The van der Waals surface area contributed by atoms with E-state index in [4.69, 9.17) is 16.3 Å². The second-order valence-corrected chi connectivity index (χ2v) is 6.06. The standard InChI is InChI=1S/C20H17ClN2O3/c1-3-26-18-10-9-14(12-17(18)21)11-16-13(2)22-23(20(16)25)19(24)15-7-5-4-6-8-15/h4-12H,3H2,1-2H3/b16-11+. The number of carbonyl (C=O) groups excluding carboxylic acids is 2. The Kier molecular flexibility index (Phi) is 5.19. The van der Waals surface area contributed by atoms with Crippen LogP contribution in [0, 0.1) is 0 Å². The molecule has 26 heavy (non-hydrogen) atoms. The molecule has 0 fully saturated rings. The fraction of sp³-hybridized carbons (Fsp3) is 0.150. The number of benzene rings is 2. The van der Waals surface area contributed by atoms with Crippen molar-refractivity contribution in [2.24, 2.45) is 5.10 Å². The van der Waals surface area contributed by atoms with Gasteiger partial charge < -0.3 is 4.74 Å². The summed E-state index contributed by atoms with van der Waals surface area (Å²) >= 11 is 6.19. The summed E-state index contributed by atoms with van der Waals surface area (Å²) < 4.78 is 5.41. The van der Waals surface area contributed by atoms with Crippen LogP contribution < -0.4 is 4.74 Å². The fourth-order valence-electron chi connectivity index (χ4n) is 2.57. The number of rotatable bonds is 4. The van der Waals surface area contributed by atoms with E-state index in [9.17, 15) is 9.59 Å². The van der Waals surface area contributed by atoms with E-state index in [1.54, 1.807) is 61.5 Å². The predicted octanol–water partition coefficient (Wildman–Crippen LogP) is 4.18. The molecular weight excluding hydrogens is 352 g/mol. The Hall–Kier alpha value is -2.92. The Balaban J connectivity index is 1.87. The highest BCUT2D eigenvalue weighted by atomic mass is 35.5. The van der Waals surface area contributed by atoms with Crippen molar-refractivity contribution in [2.45, 2.75) is 13.8 Å². The first-order valence-electron chi connectivity index (χ1n) is 8.14. The molecule has 2 aromatic carbocycles. The number of carbonyl (C=O) groups is 2. The molecule has 0 N–H and O–H groups in total. The Morgan fingerprint density at radius 2 is 1.96 bits per heavy atom. The fourth-order valence-corrected chi connectivity index (χ4v) is 2.81. The zero-order valence-electron chi connectivity index (χ0n) is 14.4. The minimum Gasteiger partial charge on any atom is -0.492 e. The van der Waals surface area contributed by atoms with E-state index in [0.717, 1.165) is 10.6 Å². The summed E-state index contributed by atoms with van der Waals surface area (Å²) in [6, 6.07) is 13.8. The molecule has 1 aliphatic heterocycles. The van der Waals surface area contributed by atoms with E-state index in [1.807, 2.05) is 6.92 Å². The summed E-state index contributed by atoms with van der Waals surface area (Å²) in [6.45, 7) is 4.08. The van der Waals surface area contributed by atoms with Crippen LogP contribution in [-0.2, 0) is 4.79 Å². The highest BCUT2D eigenvalue weighted by molar-refractivity contribution is 6.33. The van der Waals surface area contributed by atoms with Crippen molar-refractivity contribution in [3.63, 3.8) is 0 Å². The molecule has 0 saturated heterocycles. The highest BCUT2D eigenvalue weighted by Crippen LogP contribution is 2.27. The monoisotopic (exact) mass is 368 g/mol. The summed E-state index contributed by atoms with van der Waals surface area (Å²) in [5.41, 5.74) is 1.96. The minimum atomic E-state index is -0.457. The molecule has 0 bridgehead atoms. The number of ether oxygens (including phenoxy) is 1. The molecule has 3 rings (SSSR count). The lowest BCUT2D eigenvalue weighted by Crippen LogP contribution is -2.29. The Labute approximate surface area is 156 Å². The van der Waals surface area contributed by atoms with E-state index < -0.39 is 11.8 Å². The first kappa shape index (κ1) is 17.9. The molecule has 0 unspecified atom stereocenters. The van der Waals surface area contributed by atoms with Crippen LogP contribution in [0.25, 0.3) is 6.08 Å². The van der Waals surface area contributed by atoms with Gasteiger partial charge in [0.15, 0.2) is 0 Å². The van der Waals surface area contributed by atoms with E-state index >= 15 is 0 Å². The minimum absolute atomic E-state index is 0.356. The molecular formula is C20H17ClN2O3.